The van der Waals surface area contributed by atoms with E-state index in [1.54, 1.807) is 0 Å². The summed E-state index contributed by atoms with van der Waals surface area (Å²) >= 11 is 1.96. The molecule has 0 spiro atoms. The van der Waals surface area contributed by atoms with Gasteiger partial charge in [0.25, 0.3) is 0 Å². The second-order valence-corrected chi connectivity index (χ2v) is 6.23. The van der Waals surface area contributed by atoms with Crippen molar-refractivity contribution in [1.82, 2.24) is 4.67 Å². The molecule has 0 saturated heterocycles. The minimum absolute atomic E-state index is 0.0746. The molecule has 2 unspecified atom stereocenters. The van der Waals surface area contributed by atoms with E-state index in [1.807, 2.05) is 11.8 Å². The Morgan fingerprint density at radius 2 is 2.50 bits per heavy atom. The predicted molar refractivity (Wildman–Crippen MR) is 49.2 cm³/mol. The summed E-state index contributed by atoms with van der Waals surface area (Å²) in [5, 5.41) is 2.21. The third kappa shape index (κ3) is 0.826. The topological polar surface area (TPSA) is 3.24 Å². The third-order valence-corrected chi connectivity index (χ3v) is 6.12. The molecule has 2 aliphatic heterocycles. The normalized spacial score (nSPS) is 36.6. The van der Waals surface area contributed by atoms with Gasteiger partial charge in [0.15, 0.2) is 0 Å². The van der Waals surface area contributed by atoms with Crippen LogP contribution in [0, 0.1) is 0 Å². The molecule has 0 aromatic carbocycles. The first kappa shape index (κ1) is 6.75. The van der Waals surface area contributed by atoms with Crippen LogP contribution in [-0.2, 0) is 0 Å². The highest BCUT2D eigenvalue weighted by atomic mass is 32.2. The molecule has 0 bridgehead atoms. The highest BCUT2D eigenvalue weighted by Gasteiger charge is 2.30. The fraction of sp³-hybridized carbons (Fsp3) is 0.429. The van der Waals surface area contributed by atoms with Gasteiger partial charge in [-0.25, -0.2) is 0 Å². The Morgan fingerprint density at radius 1 is 1.70 bits per heavy atom. The van der Waals surface area contributed by atoms with Gasteiger partial charge in [-0.05, 0) is 23.7 Å². The van der Waals surface area contributed by atoms with Crippen molar-refractivity contribution in [1.29, 1.82) is 0 Å². The van der Waals surface area contributed by atoms with E-state index in [0.29, 0.717) is 0 Å². The van der Waals surface area contributed by atoms with Gasteiger partial charge in [0.2, 0.25) is 0 Å². The van der Waals surface area contributed by atoms with E-state index in [4.69, 9.17) is 0 Å². The number of thioether (sulfide) groups is 1. The number of allylic oxidation sites excluding steroid dienone is 1. The Kier molecular flexibility index (Phi) is 1.54. The first-order valence-corrected chi connectivity index (χ1v) is 6.04. The van der Waals surface area contributed by atoms with Gasteiger partial charge in [-0.3, -0.25) is 0 Å². The fourth-order valence-electron chi connectivity index (χ4n) is 1.24. The van der Waals surface area contributed by atoms with Gasteiger partial charge in [0.1, 0.15) is 0 Å². The van der Waals surface area contributed by atoms with Crippen LogP contribution < -0.4 is 0 Å². The molecule has 0 aromatic rings. The highest BCUT2D eigenvalue weighted by molar-refractivity contribution is 8.08. The smallest absolute Gasteiger partial charge is 0.0732 e. The highest BCUT2D eigenvalue weighted by Crippen LogP contribution is 2.57. The minimum atomic E-state index is 0.0746. The molecule has 0 saturated carbocycles. The van der Waals surface area contributed by atoms with E-state index in [1.165, 1.54) is 5.57 Å². The molecule has 1 nitrogen and oxygen atoms in total. The Hall–Kier alpha value is 0.0600. The summed E-state index contributed by atoms with van der Waals surface area (Å²) in [5.41, 5.74) is 1.51. The molecule has 54 valence electrons. The Bertz CT molecular complexity index is 212. The zero-order chi connectivity index (χ0) is 7.14. The number of fused-ring (bicyclic) bond motifs is 1. The molecule has 2 heterocycles. The van der Waals surface area contributed by atoms with Crippen molar-refractivity contribution in [3.8, 4) is 0 Å². The van der Waals surface area contributed by atoms with E-state index >= 15 is 0 Å². The van der Waals surface area contributed by atoms with E-state index in [0.717, 1.165) is 4.99 Å². The maximum absolute atomic E-state index is 2.35. The summed E-state index contributed by atoms with van der Waals surface area (Å²) in [6.45, 7) is 2.34. The van der Waals surface area contributed by atoms with E-state index in [-0.39, 0.29) is 8.07 Å². The Balaban J connectivity index is 2.28. The molecular weight excluding hydrogens is 161 g/mol. The predicted octanol–water partition coefficient (Wildman–Crippen LogP) is 2.43. The molecule has 3 heteroatoms. The molecule has 0 fully saturated rings. The van der Waals surface area contributed by atoms with Gasteiger partial charge in [0, 0.05) is 21.3 Å². The Labute approximate surface area is 67.0 Å². The number of rotatable bonds is 0. The second kappa shape index (κ2) is 2.28. The second-order valence-electron chi connectivity index (χ2n) is 2.57. The fourth-order valence-corrected chi connectivity index (χ4v) is 4.51. The first-order chi connectivity index (χ1) is 4.79. The molecule has 2 atom stereocenters. The maximum Gasteiger partial charge on any atom is 0.0732 e. The average molecular weight is 171 g/mol. The van der Waals surface area contributed by atoms with Crippen molar-refractivity contribution in [2.45, 2.75) is 4.99 Å². The molecule has 10 heavy (non-hydrogen) atoms. The molecule has 2 rings (SSSR count). The van der Waals surface area contributed by atoms with Crippen LogP contribution in [0.1, 0.15) is 0 Å². The molecular formula is C7H10NPS. The Morgan fingerprint density at radius 3 is 3.20 bits per heavy atom. The lowest BCUT2D eigenvalue weighted by Gasteiger charge is -2.19. The van der Waals surface area contributed by atoms with Crippen LogP contribution in [0.4, 0.5) is 0 Å². The van der Waals surface area contributed by atoms with E-state index < -0.39 is 0 Å². The van der Waals surface area contributed by atoms with Crippen LogP contribution in [0.25, 0.3) is 0 Å². The number of hydrogen-bond acceptors (Lipinski definition) is 2. The van der Waals surface area contributed by atoms with Crippen molar-refractivity contribution in [3.05, 3.63) is 23.3 Å². The number of nitrogens with zero attached hydrogens (tertiary/aromatic N) is 1. The lowest BCUT2D eigenvalue weighted by atomic mass is 10.3. The van der Waals surface area contributed by atoms with Gasteiger partial charge >= 0.3 is 0 Å². The molecule has 0 amide bonds. The summed E-state index contributed by atoms with van der Waals surface area (Å²) in [6.07, 6.45) is 4.50. The summed E-state index contributed by atoms with van der Waals surface area (Å²) in [6, 6.07) is 0. The van der Waals surface area contributed by atoms with Gasteiger partial charge in [0.05, 0.1) is 4.99 Å². The van der Waals surface area contributed by atoms with Crippen LogP contribution in [-0.4, -0.2) is 23.4 Å². The SMILES string of the molecule is CN1C=C2C=CSC2P1C. The van der Waals surface area contributed by atoms with Crippen LogP contribution in [0.5, 0.6) is 0 Å². The van der Waals surface area contributed by atoms with Crippen molar-refractivity contribution in [3.63, 3.8) is 0 Å². The van der Waals surface area contributed by atoms with Gasteiger partial charge in [-0.2, -0.15) is 0 Å². The van der Waals surface area contributed by atoms with Gasteiger partial charge in [-0.15, -0.1) is 11.8 Å². The molecule has 0 radical (unpaired) electrons. The van der Waals surface area contributed by atoms with E-state index in [9.17, 15) is 0 Å². The van der Waals surface area contributed by atoms with Gasteiger partial charge < -0.3 is 4.67 Å². The van der Waals surface area contributed by atoms with E-state index in [2.05, 4.69) is 36.1 Å². The lowest BCUT2D eigenvalue weighted by molar-refractivity contribution is 0.763. The minimum Gasteiger partial charge on any atom is -0.358 e. The monoisotopic (exact) mass is 171 g/mol. The molecule has 0 N–H and O–H groups in total. The van der Waals surface area contributed by atoms with Crippen molar-refractivity contribution >= 4 is 19.8 Å². The summed E-state index contributed by atoms with van der Waals surface area (Å²) in [5.74, 6) is 0. The zero-order valence-electron chi connectivity index (χ0n) is 6.11. The molecule has 0 aromatic heterocycles. The van der Waals surface area contributed by atoms with Crippen molar-refractivity contribution < 1.29 is 0 Å². The number of hydrogen-bond donors (Lipinski definition) is 0. The third-order valence-electron chi connectivity index (χ3n) is 1.93. The summed E-state index contributed by atoms with van der Waals surface area (Å²) in [7, 11) is 2.25. The van der Waals surface area contributed by atoms with Crippen molar-refractivity contribution in [2.75, 3.05) is 13.7 Å². The lowest BCUT2D eigenvalue weighted by Crippen LogP contribution is -2.00. The summed E-state index contributed by atoms with van der Waals surface area (Å²) < 4.78 is 2.35. The summed E-state index contributed by atoms with van der Waals surface area (Å²) in [4.78, 5) is 0.778. The average Bonchev–Trinajstić information content (AvgIpc) is 2.41. The van der Waals surface area contributed by atoms with Crippen molar-refractivity contribution in [2.24, 2.45) is 0 Å². The quantitative estimate of drug-likeness (QED) is 0.515. The van der Waals surface area contributed by atoms with Crippen LogP contribution >= 0.6 is 19.8 Å². The standard InChI is InChI=1S/C7H10NPS/c1-8-5-6-3-4-10-7(6)9(8)2/h3-5,7H,1-2H3. The van der Waals surface area contributed by atoms with Gasteiger partial charge in [-0.1, -0.05) is 0 Å². The van der Waals surface area contributed by atoms with Crippen LogP contribution in [0.15, 0.2) is 23.3 Å². The zero-order valence-corrected chi connectivity index (χ0v) is 7.82. The maximum atomic E-state index is 2.35. The van der Waals surface area contributed by atoms with Crippen LogP contribution in [0.2, 0.25) is 0 Å². The van der Waals surface area contributed by atoms with Crippen LogP contribution in [0.3, 0.4) is 0 Å². The molecule has 0 aliphatic carbocycles. The largest absolute Gasteiger partial charge is 0.358 e. The first-order valence-electron chi connectivity index (χ1n) is 3.28. The molecule has 2 aliphatic rings.